The van der Waals surface area contributed by atoms with Crippen LogP contribution in [0.15, 0.2) is 59.7 Å². The number of nitrogens with zero attached hydrogens (tertiary/aromatic N) is 2. The Morgan fingerprint density at radius 2 is 1.67 bits per heavy atom. The van der Waals surface area contributed by atoms with Gasteiger partial charge in [0.1, 0.15) is 0 Å². The third kappa shape index (κ3) is 4.25. The smallest absolute Gasteiger partial charge is 0.289 e. The summed E-state index contributed by atoms with van der Waals surface area (Å²) in [6, 6.07) is 9.92. The van der Waals surface area contributed by atoms with E-state index < -0.39 is 0 Å². The second-order valence-electron chi connectivity index (χ2n) is 6.14. The quantitative estimate of drug-likeness (QED) is 0.817. The number of carbonyl (C=O) groups is 3. The fraction of sp³-hybridized carbons (Fsp3) is 0.250. The molecular weight excluding hydrogens is 346 g/mol. The summed E-state index contributed by atoms with van der Waals surface area (Å²) >= 11 is 0. The first-order valence-electron chi connectivity index (χ1n) is 8.71. The zero-order valence-electron chi connectivity index (χ0n) is 14.9. The minimum Gasteiger partial charge on any atom is -0.459 e. The summed E-state index contributed by atoms with van der Waals surface area (Å²) in [6.07, 6.45) is 3.06. The minimum atomic E-state index is -0.251. The van der Waals surface area contributed by atoms with Crippen LogP contribution >= 0.6 is 0 Å². The maximum Gasteiger partial charge on any atom is 0.289 e. The van der Waals surface area contributed by atoms with Gasteiger partial charge in [0.2, 0.25) is 0 Å². The predicted molar refractivity (Wildman–Crippen MR) is 99.5 cm³/mol. The molecule has 7 heteroatoms. The van der Waals surface area contributed by atoms with E-state index in [1.165, 1.54) is 6.26 Å². The van der Waals surface area contributed by atoms with Gasteiger partial charge in [0.25, 0.3) is 17.7 Å². The molecule has 0 spiro atoms. The maximum absolute atomic E-state index is 12.7. The average Bonchev–Trinajstić information content (AvgIpc) is 3.26. The summed E-state index contributed by atoms with van der Waals surface area (Å²) in [5, 5.41) is 2.69. The second kappa shape index (κ2) is 8.35. The van der Waals surface area contributed by atoms with Crippen LogP contribution in [-0.2, 0) is 0 Å². The van der Waals surface area contributed by atoms with Crippen LogP contribution in [0.5, 0.6) is 0 Å². The van der Waals surface area contributed by atoms with Crippen molar-refractivity contribution in [2.75, 3.05) is 32.7 Å². The van der Waals surface area contributed by atoms with Gasteiger partial charge in [-0.3, -0.25) is 14.4 Å². The first-order valence-corrected chi connectivity index (χ1v) is 8.71. The number of benzene rings is 1. The van der Waals surface area contributed by atoms with Crippen LogP contribution in [0.3, 0.4) is 0 Å². The highest BCUT2D eigenvalue weighted by Crippen LogP contribution is 2.13. The Labute approximate surface area is 157 Å². The van der Waals surface area contributed by atoms with Gasteiger partial charge in [-0.05, 0) is 30.3 Å². The highest BCUT2D eigenvalue weighted by atomic mass is 16.3. The van der Waals surface area contributed by atoms with Crippen molar-refractivity contribution in [2.45, 2.75) is 0 Å². The molecule has 1 aromatic carbocycles. The topological polar surface area (TPSA) is 82.9 Å². The van der Waals surface area contributed by atoms with Gasteiger partial charge in [-0.2, -0.15) is 0 Å². The number of rotatable bonds is 5. The number of furan rings is 1. The van der Waals surface area contributed by atoms with Gasteiger partial charge >= 0.3 is 0 Å². The molecule has 140 valence electrons. The lowest BCUT2D eigenvalue weighted by atomic mass is 10.1. The van der Waals surface area contributed by atoms with E-state index >= 15 is 0 Å². The number of piperazine rings is 1. The SMILES string of the molecule is C=CCNC(=O)c1cccc(C(=O)N2CCN(C(=O)c3ccco3)CC2)c1. The predicted octanol–water partition coefficient (Wildman–Crippen LogP) is 1.79. The molecular formula is C20H21N3O4. The van der Waals surface area contributed by atoms with E-state index in [4.69, 9.17) is 4.42 Å². The van der Waals surface area contributed by atoms with Crippen LogP contribution in [0.4, 0.5) is 0 Å². The molecule has 2 heterocycles. The molecule has 0 radical (unpaired) electrons. The van der Waals surface area contributed by atoms with Gasteiger partial charge in [-0.1, -0.05) is 12.1 Å². The van der Waals surface area contributed by atoms with Crippen LogP contribution in [0, 0.1) is 0 Å². The molecule has 2 aromatic rings. The molecule has 0 atom stereocenters. The van der Waals surface area contributed by atoms with Crippen molar-refractivity contribution in [3.63, 3.8) is 0 Å². The minimum absolute atomic E-state index is 0.154. The Morgan fingerprint density at radius 1 is 1.00 bits per heavy atom. The van der Waals surface area contributed by atoms with E-state index in [1.807, 2.05) is 0 Å². The number of carbonyl (C=O) groups excluding carboxylic acids is 3. The molecule has 1 aromatic heterocycles. The Bertz CT molecular complexity index is 837. The third-order valence-electron chi connectivity index (χ3n) is 4.36. The standard InChI is InChI=1S/C20H21N3O4/c1-2-8-21-18(24)15-5-3-6-16(14-15)19(25)22-9-11-23(12-10-22)20(26)17-7-4-13-27-17/h2-7,13-14H,1,8-12H2,(H,21,24). The van der Waals surface area contributed by atoms with Gasteiger partial charge in [0, 0.05) is 43.9 Å². The van der Waals surface area contributed by atoms with Gasteiger partial charge < -0.3 is 19.5 Å². The summed E-state index contributed by atoms with van der Waals surface area (Å²) in [4.78, 5) is 40.4. The monoisotopic (exact) mass is 367 g/mol. The maximum atomic E-state index is 12.7. The summed E-state index contributed by atoms with van der Waals surface area (Å²) in [6.45, 7) is 5.65. The van der Waals surface area contributed by atoms with Crippen molar-refractivity contribution in [2.24, 2.45) is 0 Å². The lowest BCUT2D eigenvalue weighted by molar-refractivity contribution is 0.0518. The number of hydrogen-bond donors (Lipinski definition) is 1. The lowest BCUT2D eigenvalue weighted by Gasteiger charge is -2.34. The Morgan fingerprint density at radius 3 is 2.30 bits per heavy atom. The van der Waals surface area contributed by atoms with Gasteiger partial charge in [-0.15, -0.1) is 6.58 Å². The molecule has 1 aliphatic heterocycles. The summed E-state index contributed by atoms with van der Waals surface area (Å²) in [7, 11) is 0. The number of amides is 3. The molecule has 0 unspecified atom stereocenters. The van der Waals surface area contributed by atoms with Gasteiger partial charge in [0.05, 0.1) is 6.26 Å². The van der Waals surface area contributed by atoms with Crippen LogP contribution < -0.4 is 5.32 Å². The second-order valence-corrected chi connectivity index (χ2v) is 6.14. The van der Waals surface area contributed by atoms with E-state index in [0.29, 0.717) is 49.6 Å². The normalized spacial score (nSPS) is 13.9. The number of nitrogens with one attached hydrogen (secondary N) is 1. The Kier molecular flexibility index (Phi) is 5.71. The summed E-state index contributed by atoms with van der Waals surface area (Å²) < 4.78 is 5.14. The van der Waals surface area contributed by atoms with E-state index in [0.717, 1.165) is 0 Å². The molecule has 3 rings (SSSR count). The molecule has 0 bridgehead atoms. The van der Waals surface area contributed by atoms with E-state index in [2.05, 4.69) is 11.9 Å². The largest absolute Gasteiger partial charge is 0.459 e. The van der Waals surface area contributed by atoms with Crippen molar-refractivity contribution in [1.82, 2.24) is 15.1 Å². The van der Waals surface area contributed by atoms with Crippen molar-refractivity contribution in [3.8, 4) is 0 Å². The van der Waals surface area contributed by atoms with Gasteiger partial charge in [0.15, 0.2) is 5.76 Å². The molecule has 27 heavy (non-hydrogen) atoms. The molecule has 0 aliphatic carbocycles. The van der Waals surface area contributed by atoms with Gasteiger partial charge in [-0.25, -0.2) is 0 Å². The van der Waals surface area contributed by atoms with Crippen LogP contribution in [0.1, 0.15) is 31.3 Å². The summed E-state index contributed by atoms with van der Waals surface area (Å²) in [5.74, 6) is -0.280. The van der Waals surface area contributed by atoms with E-state index in [9.17, 15) is 14.4 Å². The Balaban J connectivity index is 1.61. The molecule has 1 saturated heterocycles. The van der Waals surface area contributed by atoms with Crippen LogP contribution in [0.2, 0.25) is 0 Å². The molecule has 1 fully saturated rings. The molecule has 3 amide bonds. The first-order chi connectivity index (χ1) is 13.1. The van der Waals surface area contributed by atoms with Crippen molar-refractivity contribution in [1.29, 1.82) is 0 Å². The fourth-order valence-corrected chi connectivity index (χ4v) is 2.91. The number of hydrogen-bond acceptors (Lipinski definition) is 4. The highest BCUT2D eigenvalue weighted by molar-refractivity contribution is 6.00. The lowest BCUT2D eigenvalue weighted by Crippen LogP contribution is -2.50. The molecule has 0 saturated carbocycles. The van der Waals surface area contributed by atoms with E-state index in [1.54, 1.807) is 52.3 Å². The van der Waals surface area contributed by atoms with Crippen LogP contribution in [-0.4, -0.2) is 60.2 Å². The first kappa shape index (κ1) is 18.4. The molecule has 1 N–H and O–H groups in total. The summed E-state index contributed by atoms with van der Waals surface area (Å²) in [5.41, 5.74) is 0.876. The third-order valence-corrected chi connectivity index (χ3v) is 4.36. The van der Waals surface area contributed by atoms with Crippen molar-refractivity contribution in [3.05, 3.63) is 72.2 Å². The van der Waals surface area contributed by atoms with Crippen molar-refractivity contribution < 1.29 is 18.8 Å². The fourth-order valence-electron chi connectivity index (χ4n) is 2.91. The zero-order chi connectivity index (χ0) is 19.2. The molecule has 7 nitrogen and oxygen atoms in total. The highest BCUT2D eigenvalue weighted by Gasteiger charge is 2.26. The van der Waals surface area contributed by atoms with Crippen molar-refractivity contribution >= 4 is 17.7 Å². The van der Waals surface area contributed by atoms with E-state index in [-0.39, 0.29) is 17.7 Å². The average molecular weight is 367 g/mol. The zero-order valence-corrected chi connectivity index (χ0v) is 14.9. The Hall–Kier alpha value is -3.35. The van der Waals surface area contributed by atoms with Crippen LogP contribution in [0.25, 0.3) is 0 Å². The molecule has 1 aliphatic rings.